The summed E-state index contributed by atoms with van der Waals surface area (Å²) in [5.41, 5.74) is 0. The van der Waals surface area contributed by atoms with E-state index in [1.54, 1.807) is 62.0 Å². The molecule has 0 bridgehead atoms. The number of hydrogen-bond acceptors (Lipinski definition) is 10. The van der Waals surface area contributed by atoms with Crippen LogP contribution in [0.15, 0.2) is 62.0 Å². The van der Waals surface area contributed by atoms with Gasteiger partial charge >= 0.3 is 0 Å². The second-order valence-electron chi connectivity index (χ2n) is 3.30. The SMILES string of the molecule is c1c[nH]nn1.c1c[nH]nn1.c1c[nH]nn1.c1c[nH]nn1.c1c[nH]nn1. The molecule has 0 aliphatic carbocycles. The molecule has 25 heavy (non-hydrogen) atoms. The molecule has 5 N–H and O–H groups in total. The zero-order valence-corrected chi connectivity index (χ0v) is 12.7. The Morgan fingerprint density at radius 3 is 0.560 bits per heavy atom. The van der Waals surface area contributed by atoms with Crippen molar-refractivity contribution < 1.29 is 0 Å². The Bertz CT molecular complexity index is 459. The second kappa shape index (κ2) is 16.1. The molecule has 5 aromatic heterocycles. The number of rotatable bonds is 0. The van der Waals surface area contributed by atoms with Gasteiger partial charge in [0.05, 0.1) is 31.0 Å². The molecule has 5 heterocycles. The number of nitrogens with zero attached hydrogens (tertiary/aromatic N) is 10. The maximum absolute atomic E-state index is 3.42. The van der Waals surface area contributed by atoms with Crippen molar-refractivity contribution in [3.8, 4) is 0 Å². The van der Waals surface area contributed by atoms with E-state index in [0.29, 0.717) is 0 Å². The molecule has 0 amide bonds. The van der Waals surface area contributed by atoms with Crippen LogP contribution in [0.3, 0.4) is 0 Å². The van der Waals surface area contributed by atoms with Crippen LogP contribution in [0.5, 0.6) is 0 Å². The maximum Gasteiger partial charge on any atom is 0.0690 e. The Morgan fingerprint density at radius 1 is 0.320 bits per heavy atom. The van der Waals surface area contributed by atoms with Gasteiger partial charge in [-0.1, -0.05) is 26.1 Å². The van der Waals surface area contributed by atoms with E-state index in [4.69, 9.17) is 0 Å². The third-order valence-electron chi connectivity index (χ3n) is 1.66. The van der Waals surface area contributed by atoms with Crippen LogP contribution < -0.4 is 0 Å². The van der Waals surface area contributed by atoms with Crippen LogP contribution in [0.4, 0.5) is 0 Å². The summed E-state index contributed by atoms with van der Waals surface area (Å²) < 4.78 is 0. The fourth-order valence-corrected chi connectivity index (χ4v) is 0.833. The summed E-state index contributed by atoms with van der Waals surface area (Å²) in [5.74, 6) is 0. The van der Waals surface area contributed by atoms with Crippen LogP contribution in [-0.2, 0) is 0 Å². The molecule has 130 valence electrons. The predicted molar refractivity (Wildman–Crippen MR) is 81.9 cm³/mol. The zero-order chi connectivity index (χ0) is 17.7. The monoisotopic (exact) mass is 345 g/mol. The molecule has 0 unspecified atom stereocenters. The molecule has 0 radical (unpaired) electrons. The van der Waals surface area contributed by atoms with Gasteiger partial charge in [0.25, 0.3) is 0 Å². The van der Waals surface area contributed by atoms with Crippen LogP contribution in [0.25, 0.3) is 0 Å². The fraction of sp³-hybridized carbons (Fsp3) is 0. The van der Waals surface area contributed by atoms with Crippen molar-refractivity contribution in [2.75, 3.05) is 0 Å². The molecule has 0 aliphatic rings. The second-order valence-corrected chi connectivity index (χ2v) is 3.30. The first-order valence-electron chi connectivity index (χ1n) is 6.52. The molecule has 0 atom stereocenters. The molecule has 15 nitrogen and oxygen atoms in total. The quantitative estimate of drug-likeness (QED) is 0.231. The van der Waals surface area contributed by atoms with Crippen LogP contribution in [0, 0.1) is 0 Å². The molecular formula is C10H15N15. The molecule has 0 fully saturated rings. The Morgan fingerprint density at radius 2 is 0.520 bits per heavy atom. The van der Waals surface area contributed by atoms with Crippen molar-refractivity contribution in [1.82, 2.24) is 77.1 Å². The van der Waals surface area contributed by atoms with Crippen molar-refractivity contribution in [2.45, 2.75) is 0 Å². The smallest absolute Gasteiger partial charge is 0.0690 e. The first-order chi connectivity index (χ1) is 12.5. The molecule has 0 spiro atoms. The maximum atomic E-state index is 3.42. The van der Waals surface area contributed by atoms with Crippen molar-refractivity contribution in [3.63, 3.8) is 0 Å². The minimum Gasteiger partial charge on any atom is -0.266 e. The van der Waals surface area contributed by atoms with E-state index in [9.17, 15) is 0 Å². The lowest BCUT2D eigenvalue weighted by Crippen LogP contribution is -1.61. The normalized spacial score (nSPS) is 8.00. The van der Waals surface area contributed by atoms with E-state index in [-0.39, 0.29) is 0 Å². The van der Waals surface area contributed by atoms with Crippen molar-refractivity contribution in [2.24, 2.45) is 0 Å². The number of nitrogens with one attached hydrogen (secondary N) is 5. The van der Waals surface area contributed by atoms with E-state index in [2.05, 4.69) is 77.1 Å². The Balaban J connectivity index is 0.000000156. The average molecular weight is 345 g/mol. The highest BCUT2D eigenvalue weighted by atomic mass is 15.3. The standard InChI is InChI=1S/5C2H3N3/c5*1-2-4-5-3-1/h5*1-2H,(H,3,4,5). The lowest BCUT2D eigenvalue weighted by molar-refractivity contribution is 0.940. The third kappa shape index (κ3) is 14.4. The highest BCUT2D eigenvalue weighted by Gasteiger charge is 1.59. The summed E-state index contributed by atoms with van der Waals surface area (Å²) in [4.78, 5) is 0. The van der Waals surface area contributed by atoms with Crippen molar-refractivity contribution in [3.05, 3.63) is 62.0 Å². The first-order valence-corrected chi connectivity index (χ1v) is 6.52. The lowest BCUT2D eigenvalue weighted by atomic mass is 11.0. The Hall–Kier alpha value is -4.30. The molecule has 0 saturated carbocycles. The summed E-state index contributed by atoms with van der Waals surface area (Å²) in [5, 5.41) is 46.3. The summed E-state index contributed by atoms with van der Waals surface area (Å²) in [6, 6.07) is 0. The van der Waals surface area contributed by atoms with Gasteiger partial charge in [0.1, 0.15) is 0 Å². The molecule has 0 saturated heterocycles. The van der Waals surface area contributed by atoms with Gasteiger partial charge < -0.3 is 0 Å². The number of aromatic nitrogens is 15. The Labute approximate surface area is 140 Å². The first kappa shape index (κ1) is 18.7. The molecule has 15 heteroatoms. The lowest BCUT2D eigenvalue weighted by Gasteiger charge is -1.46. The van der Waals surface area contributed by atoms with Gasteiger partial charge in [0.15, 0.2) is 0 Å². The topological polar surface area (TPSA) is 208 Å². The molecule has 0 aromatic carbocycles. The van der Waals surface area contributed by atoms with Crippen LogP contribution in [0.1, 0.15) is 0 Å². The zero-order valence-electron chi connectivity index (χ0n) is 12.7. The summed E-state index contributed by atoms with van der Waals surface area (Å²) in [6.07, 6.45) is 16.2. The summed E-state index contributed by atoms with van der Waals surface area (Å²) in [6.45, 7) is 0. The highest BCUT2D eigenvalue weighted by molar-refractivity contribution is 4.56. The predicted octanol–water partition coefficient (Wildman–Crippen LogP) is -0.976. The van der Waals surface area contributed by atoms with Crippen molar-refractivity contribution >= 4 is 0 Å². The number of aromatic amines is 5. The average Bonchev–Trinajstić information content (AvgIpc) is 3.55. The van der Waals surface area contributed by atoms with Gasteiger partial charge in [-0.15, -0.1) is 25.5 Å². The fourth-order valence-electron chi connectivity index (χ4n) is 0.833. The number of hydrogen-bond donors (Lipinski definition) is 5. The Kier molecular flexibility index (Phi) is 12.1. The van der Waals surface area contributed by atoms with Crippen molar-refractivity contribution in [1.29, 1.82) is 0 Å². The van der Waals surface area contributed by atoms with E-state index < -0.39 is 0 Å². The van der Waals surface area contributed by atoms with Gasteiger partial charge in [-0.25, -0.2) is 0 Å². The summed E-state index contributed by atoms with van der Waals surface area (Å²) >= 11 is 0. The minimum atomic E-state index is 1.58. The highest BCUT2D eigenvalue weighted by Crippen LogP contribution is 1.57. The molecule has 5 aromatic rings. The van der Waals surface area contributed by atoms with Gasteiger partial charge in [-0.05, 0) is 0 Å². The molecule has 5 rings (SSSR count). The van der Waals surface area contributed by atoms with E-state index in [1.807, 2.05) is 0 Å². The molecule has 0 aliphatic heterocycles. The van der Waals surface area contributed by atoms with Crippen LogP contribution in [-0.4, -0.2) is 77.1 Å². The van der Waals surface area contributed by atoms with E-state index in [1.165, 1.54) is 0 Å². The summed E-state index contributed by atoms with van der Waals surface area (Å²) in [7, 11) is 0. The largest absolute Gasteiger partial charge is 0.266 e. The minimum absolute atomic E-state index is 1.58. The van der Waals surface area contributed by atoms with Crippen LogP contribution in [0.2, 0.25) is 0 Å². The molecular weight excluding hydrogens is 330 g/mol. The number of H-pyrrole nitrogens is 5. The van der Waals surface area contributed by atoms with Gasteiger partial charge in [-0.3, -0.25) is 25.5 Å². The van der Waals surface area contributed by atoms with Gasteiger partial charge in [0.2, 0.25) is 0 Å². The van der Waals surface area contributed by atoms with E-state index >= 15 is 0 Å². The third-order valence-corrected chi connectivity index (χ3v) is 1.66. The van der Waals surface area contributed by atoms with Gasteiger partial charge in [-0.2, -0.15) is 0 Å². The van der Waals surface area contributed by atoms with E-state index in [0.717, 1.165) is 0 Å². The van der Waals surface area contributed by atoms with Gasteiger partial charge in [0, 0.05) is 31.0 Å². The van der Waals surface area contributed by atoms with Crippen LogP contribution >= 0.6 is 0 Å².